The van der Waals surface area contributed by atoms with E-state index >= 15 is 0 Å². The molecule has 16 heavy (non-hydrogen) atoms. The van der Waals surface area contributed by atoms with Crippen LogP contribution >= 0.6 is 0 Å². The molecule has 0 spiro atoms. The summed E-state index contributed by atoms with van der Waals surface area (Å²) in [4.78, 5) is 0. The van der Waals surface area contributed by atoms with Gasteiger partial charge in [0.25, 0.3) is 0 Å². The van der Waals surface area contributed by atoms with Crippen molar-refractivity contribution in [3.05, 3.63) is 11.1 Å². The van der Waals surface area contributed by atoms with E-state index in [1.54, 1.807) is 0 Å². The zero-order valence-corrected chi connectivity index (χ0v) is 10.5. The van der Waals surface area contributed by atoms with E-state index in [0.29, 0.717) is 5.71 Å². The van der Waals surface area contributed by atoms with Crippen molar-refractivity contribution in [1.82, 2.24) is 0 Å². The highest BCUT2D eigenvalue weighted by Crippen LogP contribution is 2.46. The lowest BCUT2D eigenvalue weighted by atomic mass is 9.71. The SMILES string of the molecule is CCC(C)=C(C)C(=N)C(C)C1CC(F)(F)C1. The van der Waals surface area contributed by atoms with Crippen molar-refractivity contribution < 1.29 is 8.78 Å². The second-order valence-corrected chi connectivity index (χ2v) is 4.99. The predicted molar refractivity (Wildman–Crippen MR) is 63.2 cm³/mol. The molecule has 1 unspecified atom stereocenters. The molecule has 0 amide bonds. The smallest absolute Gasteiger partial charge is 0.248 e. The molecule has 1 fully saturated rings. The Balaban J connectivity index is 2.63. The topological polar surface area (TPSA) is 23.9 Å². The minimum absolute atomic E-state index is 0.0119. The maximum atomic E-state index is 12.8. The summed E-state index contributed by atoms with van der Waals surface area (Å²) in [6.07, 6.45) is 0.825. The minimum Gasteiger partial charge on any atom is -0.305 e. The number of rotatable bonds is 4. The molecule has 3 heteroatoms. The monoisotopic (exact) mass is 229 g/mol. The Morgan fingerprint density at radius 2 is 1.88 bits per heavy atom. The van der Waals surface area contributed by atoms with Gasteiger partial charge in [-0.1, -0.05) is 19.4 Å². The molecule has 92 valence electrons. The Morgan fingerprint density at radius 1 is 1.38 bits per heavy atom. The van der Waals surface area contributed by atoms with Gasteiger partial charge in [-0.05, 0) is 31.8 Å². The molecule has 0 aromatic carbocycles. The van der Waals surface area contributed by atoms with Gasteiger partial charge in [0, 0.05) is 24.5 Å². The summed E-state index contributed by atoms with van der Waals surface area (Å²) in [5.74, 6) is -2.53. The van der Waals surface area contributed by atoms with E-state index in [4.69, 9.17) is 5.41 Å². The molecule has 1 saturated carbocycles. The van der Waals surface area contributed by atoms with Crippen LogP contribution < -0.4 is 0 Å². The van der Waals surface area contributed by atoms with Crippen LogP contribution in [-0.2, 0) is 0 Å². The summed E-state index contributed by atoms with van der Waals surface area (Å²) in [6, 6.07) is 0. The Morgan fingerprint density at radius 3 is 2.25 bits per heavy atom. The highest BCUT2D eigenvalue weighted by Gasteiger charge is 2.48. The first-order chi connectivity index (χ1) is 7.28. The van der Waals surface area contributed by atoms with E-state index in [1.807, 2.05) is 27.7 Å². The number of nitrogens with one attached hydrogen (secondary N) is 1. The third-order valence-corrected chi connectivity index (χ3v) is 3.86. The Kier molecular flexibility index (Phi) is 3.87. The van der Waals surface area contributed by atoms with E-state index < -0.39 is 5.92 Å². The van der Waals surface area contributed by atoms with Gasteiger partial charge in [0.1, 0.15) is 0 Å². The van der Waals surface area contributed by atoms with Crippen LogP contribution in [0, 0.1) is 17.2 Å². The van der Waals surface area contributed by atoms with E-state index in [0.717, 1.165) is 12.0 Å². The third-order valence-electron chi connectivity index (χ3n) is 3.86. The standard InChI is InChI=1S/C13H21F2N/c1-5-8(2)9(3)12(16)10(4)11-6-13(14,15)7-11/h10-11,16H,5-7H2,1-4H3. The molecule has 0 bridgehead atoms. The normalized spacial score (nSPS) is 23.4. The minimum atomic E-state index is -2.48. The van der Waals surface area contributed by atoms with Crippen LogP contribution in [0.2, 0.25) is 0 Å². The van der Waals surface area contributed by atoms with Crippen molar-refractivity contribution in [1.29, 1.82) is 5.41 Å². The molecule has 0 aromatic rings. The van der Waals surface area contributed by atoms with E-state index in [2.05, 4.69) is 0 Å². The van der Waals surface area contributed by atoms with E-state index in [1.165, 1.54) is 5.57 Å². The van der Waals surface area contributed by atoms with Gasteiger partial charge >= 0.3 is 0 Å². The average Bonchev–Trinajstić information content (AvgIpc) is 2.21. The van der Waals surface area contributed by atoms with Gasteiger partial charge in [-0.2, -0.15) is 0 Å². The van der Waals surface area contributed by atoms with Crippen LogP contribution in [-0.4, -0.2) is 11.6 Å². The summed E-state index contributed by atoms with van der Waals surface area (Å²) in [7, 11) is 0. The van der Waals surface area contributed by atoms with Crippen LogP contribution in [0.25, 0.3) is 0 Å². The van der Waals surface area contributed by atoms with Crippen LogP contribution in [0.1, 0.15) is 47.0 Å². The molecule has 1 N–H and O–H groups in total. The first-order valence-electron chi connectivity index (χ1n) is 5.91. The van der Waals surface area contributed by atoms with Crippen molar-refractivity contribution in [3.8, 4) is 0 Å². The second kappa shape index (κ2) is 4.64. The number of allylic oxidation sites excluding steroid dienone is 2. The Bertz CT molecular complexity index is 310. The Hall–Kier alpha value is -0.730. The van der Waals surface area contributed by atoms with Crippen molar-refractivity contribution >= 4 is 5.71 Å². The summed E-state index contributed by atoms with van der Waals surface area (Å²) in [5.41, 5.74) is 2.70. The second-order valence-electron chi connectivity index (χ2n) is 4.99. The molecule has 1 aliphatic carbocycles. The molecule has 1 nitrogen and oxygen atoms in total. The van der Waals surface area contributed by atoms with Gasteiger partial charge in [-0.15, -0.1) is 0 Å². The van der Waals surface area contributed by atoms with Gasteiger partial charge in [-0.3, -0.25) is 0 Å². The first-order valence-corrected chi connectivity index (χ1v) is 5.91. The van der Waals surface area contributed by atoms with Crippen molar-refractivity contribution in [2.75, 3.05) is 0 Å². The fraction of sp³-hybridized carbons (Fsp3) is 0.769. The molecule has 0 aliphatic heterocycles. The summed E-state index contributed by atoms with van der Waals surface area (Å²) < 4.78 is 25.5. The summed E-state index contributed by atoms with van der Waals surface area (Å²) in [6.45, 7) is 7.88. The quantitative estimate of drug-likeness (QED) is 0.689. The van der Waals surface area contributed by atoms with E-state index in [-0.39, 0.29) is 24.7 Å². The molecule has 1 aliphatic rings. The van der Waals surface area contributed by atoms with Crippen LogP contribution in [0.15, 0.2) is 11.1 Å². The zero-order valence-electron chi connectivity index (χ0n) is 10.5. The molecular weight excluding hydrogens is 208 g/mol. The lowest BCUT2D eigenvalue weighted by Gasteiger charge is -2.39. The van der Waals surface area contributed by atoms with Gasteiger partial charge in [-0.25, -0.2) is 8.78 Å². The lowest BCUT2D eigenvalue weighted by Crippen LogP contribution is -2.41. The number of hydrogen-bond acceptors (Lipinski definition) is 1. The lowest BCUT2D eigenvalue weighted by molar-refractivity contribution is -0.117. The molecule has 0 aromatic heterocycles. The van der Waals surface area contributed by atoms with Crippen molar-refractivity contribution in [2.24, 2.45) is 11.8 Å². The molecule has 0 radical (unpaired) electrons. The molecule has 0 heterocycles. The number of halogens is 2. The number of alkyl halides is 2. The third kappa shape index (κ3) is 2.69. The Labute approximate surface area is 96.4 Å². The number of hydrogen-bond donors (Lipinski definition) is 1. The zero-order chi connectivity index (χ0) is 12.5. The maximum Gasteiger partial charge on any atom is 0.248 e. The van der Waals surface area contributed by atoms with Gasteiger partial charge in [0.05, 0.1) is 0 Å². The molecule has 0 saturated heterocycles. The average molecular weight is 229 g/mol. The first kappa shape index (κ1) is 13.3. The molecular formula is C13H21F2N. The fourth-order valence-corrected chi connectivity index (χ4v) is 2.13. The highest BCUT2D eigenvalue weighted by atomic mass is 19.3. The van der Waals surface area contributed by atoms with Crippen LogP contribution in [0.5, 0.6) is 0 Å². The maximum absolute atomic E-state index is 12.8. The van der Waals surface area contributed by atoms with Gasteiger partial charge in [0.2, 0.25) is 5.92 Å². The fourth-order valence-electron chi connectivity index (χ4n) is 2.13. The summed E-state index contributed by atoms with van der Waals surface area (Å²) >= 11 is 0. The van der Waals surface area contributed by atoms with E-state index in [9.17, 15) is 8.78 Å². The molecule has 1 atom stereocenters. The van der Waals surface area contributed by atoms with Crippen molar-refractivity contribution in [2.45, 2.75) is 52.9 Å². The van der Waals surface area contributed by atoms with Gasteiger partial charge < -0.3 is 5.41 Å². The van der Waals surface area contributed by atoms with Crippen LogP contribution in [0.3, 0.4) is 0 Å². The molecule has 1 rings (SSSR count). The largest absolute Gasteiger partial charge is 0.305 e. The highest BCUT2D eigenvalue weighted by molar-refractivity contribution is 5.99. The van der Waals surface area contributed by atoms with Crippen LogP contribution in [0.4, 0.5) is 8.78 Å². The van der Waals surface area contributed by atoms with Gasteiger partial charge in [0.15, 0.2) is 0 Å². The predicted octanol–water partition coefficient (Wildman–Crippen LogP) is 4.43. The van der Waals surface area contributed by atoms with Crippen molar-refractivity contribution in [3.63, 3.8) is 0 Å². The summed E-state index contributed by atoms with van der Waals surface area (Å²) in [5, 5.41) is 8.03.